The van der Waals surface area contributed by atoms with E-state index in [1.807, 2.05) is 49.4 Å². The van der Waals surface area contributed by atoms with Gasteiger partial charge >= 0.3 is 5.97 Å². The van der Waals surface area contributed by atoms with Crippen LogP contribution < -0.4 is 4.74 Å². The van der Waals surface area contributed by atoms with Crippen LogP contribution in [0.4, 0.5) is 0 Å². The Kier molecular flexibility index (Phi) is 4.65. The highest BCUT2D eigenvalue weighted by molar-refractivity contribution is 6.30. The maximum Gasteiger partial charge on any atom is 0.343 e. The maximum atomic E-state index is 12.3. The largest absolute Gasteiger partial charge is 0.423 e. The first kappa shape index (κ1) is 17.3. The summed E-state index contributed by atoms with van der Waals surface area (Å²) in [5, 5.41) is 5.74. The summed E-state index contributed by atoms with van der Waals surface area (Å²) in [5.74, 6) is 0.0116. The van der Waals surface area contributed by atoms with Crippen molar-refractivity contribution in [3.63, 3.8) is 0 Å². The second-order valence-corrected chi connectivity index (χ2v) is 6.78. The Bertz CT molecular complexity index is 1100. The van der Waals surface area contributed by atoms with Crippen LogP contribution in [0.3, 0.4) is 0 Å². The highest BCUT2D eigenvalue weighted by atomic mass is 35.5. The number of esters is 1. The first-order chi connectivity index (χ1) is 13.1. The van der Waals surface area contributed by atoms with Gasteiger partial charge in [-0.2, -0.15) is 0 Å². The third-order valence-electron chi connectivity index (χ3n) is 4.30. The van der Waals surface area contributed by atoms with Crippen molar-refractivity contribution in [1.29, 1.82) is 0 Å². The van der Waals surface area contributed by atoms with E-state index in [1.165, 1.54) is 0 Å². The molecule has 0 atom stereocenters. The first-order valence-corrected chi connectivity index (χ1v) is 8.88. The molecule has 4 rings (SSSR count). The molecule has 4 aromatic rings. The molecule has 5 heteroatoms. The van der Waals surface area contributed by atoms with Crippen LogP contribution in [0.5, 0.6) is 5.75 Å². The number of fused-ring (bicyclic) bond motifs is 1. The van der Waals surface area contributed by atoms with Gasteiger partial charge in [0.1, 0.15) is 5.75 Å². The number of carbonyl (C=O) groups excluding carboxylic acids is 1. The van der Waals surface area contributed by atoms with Gasteiger partial charge in [-0.25, -0.2) is 4.79 Å². The predicted octanol–water partition coefficient (Wildman–Crippen LogP) is 5.60. The molecule has 0 aliphatic heterocycles. The molecule has 0 unspecified atom stereocenters. The van der Waals surface area contributed by atoms with E-state index in [9.17, 15) is 4.79 Å². The molecule has 1 aromatic heterocycles. The Morgan fingerprint density at radius 1 is 1.04 bits per heavy atom. The van der Waals surface area contributed by atoms with Crippen LogP contribution in [0, 0.1) is 6.92 Å². The van der Waals surface area contributed by atoms with Crippen LogP contribution in [-0.4, -0.2) is 11.1 Å². The Hall–Kier alpha value is -3.11. The molecule has 3 aromatic carbocycles. The number of ether oxygens (including phenoxy) is 1. The fourth-order valence-electron chi connectivity index (χ4n) is 2.81. The number of carbonyl (C=O) groups is 1. The summed E-state index contributed by atoms with van der Waals surface area (Å²) in [6.45, 7) is 1.97. The van der Waals surface area contributed by atoms with Gasteiger partial charge in [0.15, 0.2) is 5.58 Å². The molecule has 1 heterocycles. The normalized spacial score (nSPS) is 10.9. The van der Waals surface area contributed by atoms with Gasteiger partial charge in [-0.05, 0) is 48.9 Å². The molecule has 27 heavy (non-hydrogen) atoms. The van der Waals surface area contributed by atoms with Crippen molar-refractivity contribution in [1.82, 2.24) is 5.16 Å². The lowest BCUT2D eigenvalue weighted by molar-refractivity contribution is 0.0735. The number of hydrogen-bond acceptors (Lipinski definition) is 4. The van der Waals surface area contributed by atoms with Crippen molar-refractivity contribution in [3.8, 4) is 5.75 Å². The summed E-state index contributed by atoms with van der Waals surface area (Å²) >= 11 is 5.92. The van der Waals surface area contributed by atoms with Gasteiger partial charge in [-0.1, -0.05) is 46.6 Å². The SMILES string of the molecule is Cc1ccc(C(=O)Oc2ccc3c(Cc4ccc(Cl)cc4)noc3c2)cc1. The second kappa shape index (κ2) is 7.25. The summed E-state index contributed by atoms with van der Waals surface area (Å²) in [6.07, 6.45) is 0.632. The molecule has 0 saturated heterocycles. The van der Waals surface area contributed by atoms with Gasteiger partial charge in [-0.3, -0.25) is 0 Å². The highest BCUT2D eigenvalue weighted by Gasteiger charge is 2.13. The average molecular weight is 378 g/mol. The van der Waals surface area contributed by atoms with Crippen LogP contribution in [0.2, 0.25) is 5.02 Å². The molecular weight excluding hydrogens is 362 g/mol. The van der Waals surface area contributed by atoms with Crippen molar-refractivity contribution in [3.05, 3.63) is 94.1 Å². The lowest BCUT2D eigenvalue weighted by atomic mass is 10.1. The second-order valence-electron chi connectivity index (χ2n) is 6.35. The lowest BCUT2D eigenvalue weighted by Gasteiger charge is -2.04. The van der Waals surface area contributed by atoms with Gasteiger partial charge in [0.05, 0.1) is 11.3 Å². The molecule has 134 valence electrons. The van der Waals surface area contributed by atoms with E-state index in [4.69, 9.17) is 20.9 Å². The van der Waals surface area contributed by atoms with Crippen LogP contribution in [0.1, 0.15) is 27.2 Å². The van der Waals surface area contributed by atoms with E-state index < -0.39 is 5.97 Å². The van der Waals surface area contributed by atoms with E-state index >= 15 is 0 Å². The smallest absolute Gasteiger partial charge is 0.343 e. The lowest BCUT2D eigenvalue weighted by Crippen LogP contribution is -2.08. The standard InChI is InChI=1S/C22H16ClNO3/c1-14-2-6-16(7-3-14)22(25)26-18-10-11-19-20(24-27-21(19)13-18)12-15-4-8-17(23)9-5-15/h2-11,13H,12H2,1H3. The third-order valence-corrected chi connectivity index (χ3v) is 4.55. The van der Waals surface area contributed by atoms with Crippen LogP contribution in [-0.2, 0) is 6.42 Å². The number of aryl methyl sites for hydroxylation is 1. The van der Waals surface area contributed by atoms with Gasteiger partial charge < -0.3 is 9.26 Å². The van der Waals surface area contributed by atoms with Crippen molar-refractivity contribution < 1.29 is 14.1 Å². The average Bonchev–Trinajstić information content (AvgIpc) is 3.06. The fourth-order valence-corrected chi connectivity index (χ4v) is 2.94. The predicted molar refractivity (Wildman–Crippen MR) is 104 cm³/mol. The van der Waals surface area contributed by atoms with Crippen LogP contribution in [0.25, 0.3) is 11.0 Å². The zero-order valence-corrected chi connectivity index (χ0v) is 15.4. The Labute approximate surface area is 161 Å². The zero-order chi connectivity index (χ0) is 18.8. The summed E-state index contributed by atoms with van der Waals surface area (Å²) in [4.78, 5) is 12.3. The number of nitrogens with zero attached hydrogens (tertiary/aromatic N) is 1. The summed E-state index contributed by atoms with van der Waals surface area (Å²) in [6, 6.07) is 20.1. The summed E-state index contributed by atoms with van der Waals surface area (Å²) in [5.41, 5.74) is 4.07. The minimum absolute atomic E-state index is 0.407. The first-order valence-electron chi connectivity index (χ1n) is 8.50. The molecule has 4 nitrogen and oxygen atoms in total. The van der Waals surface area contributed by atoms with E-state index in [1.54, 1.807) is 24.3 Å². The molecule has 0 aliphatic carbocycles. The van der Waals surface area contributed by atoms with Crippen molar-refractivity contribution in [2.45, 2.75) is 13.3 Å². The molecular formula is C22H16ClNO3. The van der Waals surface area contributed by atoms with E-state index in [0.29, 0.717) is 28.3 Å². The molecule has 0 bridgehead atoms. The fraction of sp³-hybridized carbons (Fsp3) is 0.0909. The number of benzene rings is 3. The Morgan fingerprint density at radius 3 is 2.52 bits per heavy atom. The van der Waals surface area contributed by atoms with Crippen molar-refractivity contribution in [2.75, 3.05) is 0 Å². The third kappa shape index (κ3) is 3.86. The number of halogens is 1. The Balaban J connectivity index is 1.54. The topological polar surface area (TPSA) is 52.3 Å². The molecule has 0 spiro atoms. The van der Waals surface area contributed by atoms with Gasteiger partial charge in [0.2, 0.25) is 0 Å². The van der Waals surface area contributed by atoms with Gasteiger partial charge in [0, 0.05) is 22.9 Å². The Morgan fingerprint density at radius 2 is 1.78 bits per heavy atom. The number of hydrogen-bond donors (Lipinski definition) is 0. The molecule has 0 aliphatic rings. The molecule has 0 saturated carbocycles. The summed E-state index contributed by atoms with van der Waals surface area (Å²) in [7, 11) is 0. The number of aromatic nitrogens is 1. The van der Waals surface area contributed by atoms with Gasteiger partial charge in [0.25, 0.3) is 0 Å². The maximum absolute atomic E-state index is 12.3. The monoisotopic (exact) mass is 377 g/mol. The summed E-state index contributed by atoms with van der Waals surface area (Å²) < 4.78 is 10.9. The van der Waals surface area contributed by atoms with Gasteiger partial charge in [-0.15, -0.1) is 0 Å². The zero-order valence-electron chi connectivity index (χ0n) is 14.6. The van der Waals surface area contributed by atoms with E-state index in [-0.39, 0.29) is 0 Å². The molecule has 0 fully saturated rings. The van der Waals surface area contributed by atoms with Crippen LogP contribution >= 0.6 is 11.6 Å². The van der Waals surface area contributed by atoms with E-state index in [0.717, 1.165) is 22.2 Å². The minimum Gasteiger partial charge on any atom is -0.423 e. The molecule has 0 radical (unpaired) electrons. The number of rotatable bonds is 4. The molecule has 0 amide bonds. The minimum atomic E-state index is -0.407. The quantitative estimate of drug-likeness (QED) is 0.343. The van der Waals surface area contributed by atoms with Crippen molar-refractivity contribution >= 4 is 28.5 Å². The highest BCUT2D eigenvalue weighted by Crippen LogP contribution is 2.26. The molecule has 0 N–H and O–H groups in total. The van der Waals surface area contributed by atoms with Crippen molar-refractivity contribution in [2.24, 2.45) is 0 Å². The van der Waals surface area contributed by atoms with Crippen LogP contribution in [0.15, 0.2) is 71.3 Å². The van der Waals surface area contributed by atoms with E-state index in [2.05, 4.69) is 5.16 Å².